The average Bonchev–Trinajstić information content (AvgIpc) is 3.27. The number of halogens is 2. The molecule has 0 bridgehead atoms. The van der Waals surface area contributed by atoms with Crippen LogP contribution in [-0.2, 0) is 37.0 Å². The minimum absolute atomic E-state index is 0. The van der Waals surface area contributed by atoms with Crippen molar-refractivity contribution < 1.29 is 51.0 Å². The molecule has 0 saturated carbocycles. The van der Waals surface area contributed by atoms with E-state index >= 15 is 0 Å². The molecule has 0 spiro atoms. The van der Waals surface area contributed by atoms with Crippen molar-refractivity contribution in [3.05, 3.63) is 89.0 Å². The monoisotopic (exact) mass is 542 g/mol. The second kappa shape index (κ2) is 11.9. The molecule has 0 heterocycles. The van der Waals surface area contributed by atoms with Crippen LogP contribution < -0.4 is 24.8 Å². The third kappa shape index (κ3) is 7.25. The van der Waals surface area contributed by atoms with E-state index in [9.17, 15) is 0 Å². The maximum absolute atomic E-state index is 3.10. The van der Waals surface area contributed by atoms with Gasteiger partial charge < -0.3 is 24.8 Å². The van der Waals surface area contributed by atoms with Crippen LogP contribution in [0.2, 0.25) is 0 Å². The van der Waals surface area contributed by atoms with Crippen molar-refractivity contribution in [2.45, 2.75) is 66.2 Å². The minimum atomic E-state index is 0. The van der Waals surface area contributed by atoms with Gasteiger partial charge in [0.1, 0.15) is 0 Å². The Morgan fingerprint density at radius 2 is 1.19 bits per heavy atom. The van der Waals surface area contributed by atoms with Crippen LogP contribution in [-0.4, -0.2) is 0 Å². The SMILES string of the molecule is CC(C)(C)c1ccc2[cH-]c3ccc(C(C)(C)C)cc3c2c1.CC(C)=C1[C-]=CC=C1.[Cl-].[Cl-].[Zr+4]. The van der Waals surface area contributed by atoms with Crippen LogP contribution >= 0.6 is 0 Å². The van der Waals surface area contributed by atoms with Crippen molar-refractivity contribution in [2.24, 2.45) is 0 Å². The molecule has 0 aliphatic heterocycles. The summed E-state index contributed by atoms with van der Waals surface area (Å²) >= 11 is 0. The van der Waals surface area contributed by atoms with Crippen LogP contribution in [0.5, 0.6) is 0 Å². The molecule has 0 unspecified atom stereocenters. The van der Waals surface area contributed by atoms with Crippen LogP contribution in [0.25, 0.3) is 21.5 Å². The van der Waals surface area contributed by atoms with E-state index in [-0.39, 0.29) is 61.8 Å². The van der Waals surface area contributed by atoms with E-state index in [0.717, 1.165) is 0 Å². The number of hydrogen-bond acceptors (Lipinski definition) is 0. The van der Waals surface area contributed by atoms with Gasteiger partial charge in [-0.2, -0.15) is 23.8 Å². The van der Waals surface area contributed by atoms with Crippen molar-refractivity contribution in [3.63, 3.8) is 0 Å². The standard InChI is InChI=1S/C21H25.C8H9.2ClH.Zr/c1-20(2,3)16-9-7-14-11-15-8-10-17(21(4,5)6)13-19(15)18(14)12-16;1-7(2)8-5-3-4-6-8;;;/h7-13H,1-6H3;3-5H,1-2H3;2*1H;/q2*-1;;;+4/p-2. The van der Waals surface area contributed by atoms with Gasteiger partial charge in [-0.25, -0.2) is 0 Å². The molecule has 0 N–H and O–H groups in total. The molecule has 1 aliphatic rings. The van der Waals surface area contributed by atoms with Crippen molar-refractivity contribution in [1.82, 2.24) is 0 Å². The molecule has 0 radical (unpaired) electrons. The molecule has 32 heavy (non-hydrogen) atoms. The van der Waals surface area contributed by atoms with Gasteiger partial charge in [0, 0.05) is 0 Å². The molecule has 0 atom stereocenters. The smallest absolute Gasteiger partial charge is 1.00 e. The Bertz CT molecular complexity index is 1040. The van der Waals surface area contributed by atoms with Gasteiger partial charge in [-0.1, -0.05) is 90.8 Å². The Labute approximate surface area is 226 Å². The predicted molar refractivity (Wildman–Crippen MR) is 130 cm³/mol. The summed E-state index contributed by atoms with van der Waals surface area (Å²) in [6, 6.07) is 16.1. The van der Waals surface area contributed by atoms with E-state index in [1.54, 1.807) is 0 Å². The van der Waals surface area contributed by atoms with Gasteiger partial charge in [-0.15, -0.1) is 51.4 Å². The summed E-state index contributed by atoms with van der Waals surface area (Å²) in [4.78, 5) is 0. The number of allylic oxidation sites excluding steroid dienone is 6. The van der Waals surface area contributed by atoms with Crippen LogP contribution in [0.4, 0.5) is 0 Å². The van der Waals surface area contributed by atoms with Gasteiger partial charge in [0.05, 0.1) is 0 Å². The van der Waals surface area contributed by atoms with E-state index in [2.05, 4.69) is 110 Å². The molecular weight excluding hydrogens is 510 g/mol. The second-order valence-corrected chi connectivity index (χ2v) is 10.3. The van der Waals surface area contributed by atoms with E-state index in [1.807, 2.05) is 12.2 Å². The number of benzene rings is 2. The fourth-order valence-electron chi connectivity index (χ4n) is 3.57. The zero-order chi connectivity index (χ0) is 21.4. The quantitative estimate of drug-likeness (QED) is 0.382. The third-order valence-corrected chi connectivity index (χ3v) is 5.58. The van der Waals surface area contributed by atoms with Crippen LogP contribution in [0.3, 0.4) is 0 Å². The van der Waals surface area contributed by atoms with Gasteiger partial charge in [0.2, 0.25) is 0 Å². The molecule has 0 fully saturated rings. The van der Waals surface area contributed by atoms with E-state index in [0.29, 0.717) is 0 Å². The van der Waals surface area contributed by atoms with Crippen molar-refractivity contribution in [1.29, 1.82) is 0 Å². The molecule has 1 aliphatic carbocycles. The number of fused-ring (bicyclic) bond motifs is 3. The van der Waals surface area contributed by atoms with Gasteiger partial charge in [-0.3, -0.25) is 0 Å². The summed E-state index contributed by atoms with van der Waals surface area (Å²) in [5, 5.41) is 5.49. The van der Waals surface area contributed by atoms with Crippen molar-refractivity contribution in [2.75, 3.05) is 0 Å². The van der Waals surface area contributed by atoms with Crippen LogP contribution in [0, 0.1) is 6.08 Å². The predicted octanol–water partition coefficient (Wildman–Crippen LogP) is 2.56. The maximum Gasteiger partial charge on any atom is 4.00 e. The molecule has 3 aromatic carbocycles. The summed E-state index contributed by atoms with van der Waals surface area (Å²) in [6.45, 7) is 17.8. The van der Waals surface area contributed by atoms with Crippen LogP contribution in [0.15, 0.2) is 71.8 Å². The summed E-state index contributed by atoms with van der Waals surface area (Å²) in [6.07, 6.45) is 9.10. The summed E-state index contributed by atoms with van der Waals surface area (Å²) < 4.78 is 0. The molecular formula is C29H34Cl2Zr. The first kappa shape index (κ1) is 31.0. The van der Waals surface area contributed by atoms with Gasteiger partial charge in [0.25, 0.3) is 0 Å². The third-order valence-electron chi connectivity index (χ3n) is 5.58. The Morgan fingerprint density at radius 1 is 0.750 bits per heavy atom. The summed E-state index contributed by atoms with van der Waals surface area (Å²) in [5.41, 5.74) is 5.76. The Kier molecular flexibility index (Phi) is 11.5. The van der Waals surface area contributed by atoms with Gasteiger partial charge >= 0.3 is 26.2 Å². The van der Waals surface area contributed by atoms with E-state index < -0.39 is 0 Å². The van der Waals surface area contributed by atoms with Gasteiger partial charge in [-0.05, 0) is 10.8 Å². The minimum Gasteiger partial charge on any atom is -1.00 e. The largest absolute Gasteiger partial charge is 4.00 e. The average molecular weight is 545 g/mol. The Morgan fingerprint density at radius 3 is 1.47 bits per heavy atom. The topological polar surface area (TPSA) is 0 Å². The molecule has 0 saturated heterocycles. The molecule has 0 aromatic heterocycles. The fraction of sp³-hybridized carbons (Fsp3) is 0.345. The number of rotatable bonds is 0. The first-order valence-electron chi connectivity index (χ1n) is 10.5. The van der Waals surface area contributed by atoms with Gasteiger partial charge in [0.15, 0.2) is 0 Å². The second-order valence-electron chi connectivity index (χ2n) is 10.3. The normalized spacial score (nSPS) is 12.6. The molecule has 3 heteroatoms. The Balaban J connectivity index is 0.000000752. The van der Waals surface area contributed by atoms with E-state index in [1.165, 1.54) is 43.8 Å². The molecule has 0 nitrogen and oxygen atoms in total. The van der Waals surface area contributed by atoms with E-state index in [4.69, 9.17) is 0 Å². The fourth-order valence-corrected chi connectivity index (χ4v) is 3.57. The summed E-state index contributed by atoms with van der Waals surface area (Å²) in [5.74, 6) is 0. The van der Waals surface area contributed by atoms with Crippen LogP contribution in [0.1, 0.15) is 66.5 Å². The molecule has 4 rings (SSSR count). The zero-order valence-corrected chi connectivity index (χ0v) is 24.5. The Hall–Kier alpha value is -1.01. The first-order chi connectivity index (χ1) is 13.5. The zero-order valence-electron chi connectivity index (χ0n) is 20.5. The molecule has 168 valence electrons. The van der Waals surface area contributed by atoms with Crippen molar-refractivity contribution in [3.8, 4) is 0 Å². The molecule has 3 aromatic rings. The van der Waals surface area contributed by atoms with Crippen molar-refractivity contribution >= 4 is 21.5 Å². The number of hydrogen-bond donors (Lipinski definition) is 0. The molecule has 0 amide bonds. The summed E-state index contributed by atoms with van der Waals surface area (Å²) in [7, 11) is 0. The first-order valence-corrected chi connectivity index (χ1v) is 10.5. The maximum atomic E-state index is 3.10.